The maximum atomic E-state index is 12.9. The highest BCUT2D eigenvalue weighted by Crippen LogP contribution is 2.14. The van der Waals surface area contributed by atoms with E-state index in [1.165, 1.54) is 116 Å². The van der Waals surface area contributed by atoms with Crippen molar-refractivity contribution < 1.29 is 28.6 Å². The highest BCUT2D eigenvalue weighted by atomic mass is 16.6. The molecule has 0 aliphatic rings. The molecule has 0 aromatic heterocycles. The zero-order chi connectivity index (χ0) is 49.3. The zero-order valence-electron chi connectivity index (χ0n) is 44.6. The minimum Gasteiger partial charge on any atom is -0.462 e. The van der Waals surface area contributed by atoms with Crippen molar-refractivity contribution in [2.45, 2.75) is 277 Å². The lowest BCUT2D eigenvalue weighted by Gasteiger charge is -2.18. The van der Waals surface area contributed by atoms with E-state index in [4.69, 9.17) is 14.2 Å². The molecule has 0 fully saturated rings. The average Bonchev–Trinajstić information content (AvgIpc) is 3.34. The first-order chi connectivity index (χ1) is 33.5. The van der Waals surface area contributed by atoms with Gasteiger partial charge in [0.15, 0.2) is 6.10 Å². The standard InChI is InChI=1S/C62H106O6/c1-4-7-10-13-16-19-22-25-28-30-31-33-34-37-40-43-46-49-52-55-61(64)67-58-59(57-66-60(63)54-51-48-45-42-39-36-27-24-21-18-15-12-9-6-3)68-62(65)56-53-50-47-44-41-38-35-32-29-26-23-20-17-14-11-8-5-2/h15-20,24-29,31,33,59H,4-14,21-23,30,32,34-58H2,1-3H3/b18-15-,19-16-,20-17-,27-24-,28-25-,29-26-,33-31-/t59-/m1/s1. The van der Waals surface area contributed by atoms with Gasteiger partial charge in [0, 0.05) is 19.3 Å². The molecule has 0 bridgehead atoms. The Morgan fingerprint density at radius 2 is 0.544 bits per heavy atom. The molecule has 0 aliphatic heterocycles. The lowest BCUT2D eigenvalue weighted by molar-refractivity contribution is -0.167. The third-order valence-corrected chi connectivity index (χ3v) is 12.1. The van der Waals surface area contributed by atoms with E-state index < -0.39 is 6.10 Å². The number of hydrogen-bond acceptors (Lipinski definition) is 6. The van der Waals surface area contributed by atoms with Gasteiger partial charge in [-0.1, -0.05) is 221 Å². The van der Waals surface area contributed by atoms with Crippen LogP contribution < -0.4 is 0 Å². The van der Waals surface area contributed by atoms with Crippen LogP contribution in [0.1, 0.15) is 271 Å². The van der Waals surface area contributed by atoms with Crippen LogP contribution in [-0.2, 0) is 28.6 Å². The quantitative estimate of drug-likeness (QED) is 0.0262. The molecule has 390 valence electrons. The summed E-state index contributed by atoms with van der Waals surface area (Å²) in [6, 6.07) is 0. The Bertz CT molecular complexity index is 1320. The molecule has 0 aromatic rings. The SMILES string of the molecule is CCCC/C=C\C/C=C\CCCCCCCC(=O)OC[C@H](COC(=O)CCCCCCCC/C=C\C/C=C\C/C=C\CCCCC)OC(=O)CCCCCCCCC/C=C\C/C=C\CCCCC. The molecular formula is C62H106O6. The van der Waals surface area contributed by atoms with Crippen LogP contribution in [0.4, 0.5) is 0 Å². The summed E-state index contributed by atoms with van der Waals surface area (Å²) in [6.07, 6.45) is 72.7. The summed E-state index contributed by atoms with van der Waals surface area (Å²) in [5.41, 5.74) is 0. The molecule has 0 saturated heterocycles. The fourth-order valence-corrected chi connectivity index (χ4v) is 7.73. The van der Waals surface area contributed by atoms with Gasteiger partial charge in [-0.3, -0.25) is 14.4 Å². The van der Waals surface area contributed by atoms with Crippen molar-refractivity contribution >= 4 is 17.9 Å². The number of esters is 3. The number of carbonyl (C=O) groups is 3. The smallest absolute Gasteiger partial charge is 0.306 e. The summed E-state index contributed by atoms with van der Waals surface area (Å²) in [4.78, 5) is 38.1. The highest BCUT2D eigenvalue weighted by Gasteiger charge is 2.19. The van der Waals surface area contributed by atoms with E-state index in [0.29, 0.717) is 19.3 Å². The molecule has 0 heterocycles. The van der Waals surface area contributed by atoms with Crippen LogP contribution in [0.2, 0.25) is 0 Å². The second kappa shape index (κ2) is 56.2. The van der Waals surface area contributed by atoms with Crippen LogP contribution >= 0.6 is 0 Å². The van der Waals surface area contributed by atoms with Gasteiger partial charge in [0.25, 0.3) is 0 Å². The minimum absolute atomic E-state index is 0.0914. The van der Waals surface area contributed by atoms with Gasteiger partial charge >= 0.3 is 17.9 Å². The Morgan fingerprint density at radius 3 is 0.868 bits per heavy atom. The largest absolute Gasteiger partial charge is 0.462 e. The monoisotopic (exact) mass is 947 g/mol. The molecule has 0 N–H and O–H groups in total. The summed E-state index contributed by atoms with van der Waals surface area (Å²) in [5, 5.41) is 0. The van der Waals surface area contributed by atoms with Gasteiger partial charge in [0.05, 0.1) is 0 Å². The van der Waals surface area contributed by atoms with E-state index in [1.807, 2.05) is 0 Å². The molecule has 0 spiro atoms. The lowest BCUT2D eigenvalue weighted by Crippen LogP contribution is -2.30. The predicted molar refractivity (Wildman–Crippen MR) is 293 cm³/mol. The highest BCUT2D eigenvalue weighted by molar-refractivity contribution is 5.71. The van der Waals surface area contributed by atoms with E-state index in [9.17, 15) is 14.4 Å². The van der Waals surface area contributed by atoms with Crippen molar-refractivity contribution in [1.29, 1.82) is 0 Å². The number of hydrogen-bond donors (Lipinski definition) is 0. The van der Waals surface area contributed by atoms with Crippen LogP contribution in [0.5, 0.6) is 0 Å². The normalized spacial score (nSPS) is 12.7. The van der Waals surface area contributed by atoms with Crippen molar-refractivity contribution in [2.75, 3.05) is 13.2 Å². The Labute approximate surface area is 420 Å². The van der Waals surface area contributed by atoms with Crippen LogP contribution in [0.3, 0.4) is 0 Å². The number of unbranched alkanes of at least 4 members (excludes halogenated alkanes) is 26. The van der Waals surface area contributed by atoms with Crippen LogP contribution in [0.15, 0.2) is 85.1 Å². The maximum absolute atomic E-state index is 12.9. The van der Waals surface area contributed by atoms with Gasteiger partial charge < -0.3 is 14.2 Å². The second-order valence-electron chi connectivity index (χ2n) is 18.8. The lowest BCUT2D eigenvalue weighted by atomic mass is 10.1. The second-order valence-corrected chi connectivity index (χ2v) is 18.8. The van der Waals surface area contributed by atoms with Crippen molar-refractivity contribution in [3.63, 3.8) is 0 Å². The Morgan fingerprint density at radius 1 is 0.294 bits per heavy atom. The van der Waals surface area contributed by atoms with Crippen molar-refractivity contribution in [3.05, 3.63) is 85.1 Å². The first kappa shape index (κ1) is 64.6. The van der Waals surface area contributed by atoms with Crippen molar-refractivity contribution in [1.82, 2.24) is 0 Å². The summed E-state index contributed by atoms with van der Waals surface area (Å²) in [7, 11) is 0. The van der Waals surface area contributed by atoms with Gasteiger partial charge in [-0.05, 0) is 116 Å². The fraction of sp³-hybridized carbons (Fsp3) is 0.726. The maximum Gasteiger partial charge on any atom is 0.306 e. The molecule has 1 atom stereocenters. The van der Waals surface area contributed by atoms with Crippen molar-refractivity contribution in [3.8, 4) is 0 Å². The molecule has 0 unspecified atom stereocenters. The summed E-state index contributed by atoms with van der Waals surface area (Å²) in [6.45, 7) is 6.53. The first-order valence-electron chi connectivity index (χ1n) is 28.6. The third kappa shape index (κ3) is 53.5. The molecular weight excluding hydrogens is 841 g/mol. The number of ether oxygens (including phenoxy) is 3. The van der Waals surface area contributed by atoms with E-state index in [-0.39, 0.29) is 31.1 Å². The van der Waals surface area contributed by atoms with Crippen LogP contribution in [0, 0.1) is 0 Å². The summed E-state index contributed by atoms with van der Waals surface area (Å²) < 4.78 is 16.8. The van der Waals surface area contributed by atoms with Gasteiger partial charge in [-0.15, -0.1) is 0 Å². The van der Waals surface area contributed by atoms with E-state index >= 15 is 0 Å². The first-order valence-corrected chi connectivity index (χ1v) is 28.6. The van der Waals surface area contributed by atoms with E-state index in [2.05, 4.69) is 106 Å². The molecule has 0 amide bonds. The molecule has 0 radical (unpaired) electrons. The Kier molecular flexibility index (Phi) is 53.4. The Hall–Kier alpha value is -3.41. The molecule has 0 rings (SSSR count). The molecule has 6 heteroatoms. The van der Waals surface area contributed by atoms with Gasteiger partial charge in [-0.2, -0.15) is 0 Å². The topological polar surface area (TPSA) is 78.9 Å². The summed E-state index contributed by atoms with van der Waals surface area (Å²) in [5.74, 6) is -0.920. The van der Waals surface area contributed by atoms with Crippen molar-refractivity contribution in [2.24, 2.45) is 0 Å². The molecule has 0 aliphatic carbocycles. The molecule has 0 aromatic carbocycles. The van der Waals surface area contributed by atoms with Gasteiger partial charge in [0.1, 0.15) is 13.2 Å². The van der Waals surface area contributed by atoms with E-state index in [1.54, 1.807) is 0 Å². The fourth-order valence-electron chi connectivity index (χ4n) is 7.73. The summed E-state index contributed by atoms with van der Waals surface area (Å²) >= 11 is 0. The van der Waals surface area contributed by atoms with E-state index in [0.717, 1.165) is 116 Å². The third-order valence-electron chi connectivity index (χ3n) is 12.1. The van der Waals surface area contributed by atoms with Crippen LogP contribution in [-0.4, -0.2) is 37.2 Å². The zero-order valence-corrected chi connectivity index (χ0v) is 44.6. The number of carbonyl (C=O) groups excluding carboxylic acids is 3. The average molecular weight is 948 g/mol. The molecule has 0 saturated carbocycles. The number of rotatable bonds is 51. The van der Waals surface area contributed by atoms with Crippen LogP contribution in [0.25, 0.3) is 0 Å². The molecule has 68 heavy (non-hydrogen) atoms. The number of allylic oxidation sites excluding steroid dienone is 14. The van der Waals surface area contributed by atoms with Gasteiger partial charge in [0.2, 0.25) is 0 Å². The predicted octanol–water partition coefficient (Wildman–Crippen LogP) is 19.2. The minimum atomic E-state index is -0.793. The van der Waals surface area contributed by atoms with Gasteiger partial charge in [-0.25, -0.2) is 0 Å². The molecule has 6 nitrogen and oxygen atoms in total. The Balaban J connectivity index is 4.43.